The fourth-order valence-corrected chi connectivity index (χ4v) is 6.97. The first-order chi connectivity index (χ1) is 30.3. The molecular weight excluding hydrogens is 841 g/mol. The summed E-state index contributed by atoms with van der Waals surface area (Å²) in [4.78, 5) is 51.8. The average Bonchev–Trinajstić information content (AvgIpc) is 4.20. The number of carbonyl (C=O) groups excluding carboxylic acids is 4. The summed E-state index contributed by atoms with van der Waals surface area (Å²) < 4.78 is 54.9. The van der Waals surface area contributed by atoms with Gasteiger partial charge in [0.25, 0.3) is 0 Å². The van der Waals surface area contributed by atoms with Crippen LogP contribution in [0.25, 0.3) is 0 Å². The Labute approximate surface area is 363 Å². The standard InChI is InChI=1S/C46H38O14S2/c47-43(39-19-21-41(61-39)45(49)59-35-15-7-31(8-16-35)53-25-37-27-55-37)57-33-11-3-29(4-12-33)51-23-1-2-24-52-30-5-13-34(14-6-30)58-44(48)40-20-22-42(62-40)46(50)60-36-17-9-32(10-18-36)54-26-38-28-56-38/h3-22,37-38H,1-2,23-28H2. The van der Waals surface area contributed by atoms with Gasteiger partial charge >= 0.3 is 23.9 Å². The van der Waals surface area contributed by atoms with E-state index in [0.717, 1.165) is 35.5 Å². The second-order valence-corrected chi connectivity index (χ2v) is 15.9. The number of rotatable bonds is 21. The van der Waals surface area contributed by atoms with Crippen molar-refractivity contribution in [1.29, 1.82) is 0 Å². The van der Waals surface area contributed by atoms with Gasteiger partial charge in [0.1, 0.15) is 90.9 Å². The van der Waals surface area contributed by atoms with E-state index in [9.17, 15) is 19.2 Å². The van der Waals surface area contributed by atoms with Crippen molar-refractivity contribution in [2.75, 3.05) is 39.6 Å². The van der Waals surface area contributed by atoms with E-state index in [1.165, 1.54) is 24.3 Å². The first-order valence-electron chi connectivity index (χ1n) is 19.5. The summed E-state index contributed by atoms with van der Waals surface area (Å²) in [7, 11) is 0. The van der Waals surface area contributed by atoms with E-state index in [2.05, 4.69) is 0 Å². The van der Waals surface area contributed by atoms with Gasteiger partial charge in [-0.3, -0.25) is 0 Å². The van der Waals surface area contributed by atoms with Crippen LogP contribution in [0.4, 0.5) is 0 Å². The maximum Gasteiger partial charge on any atom is 0.353 e. The van der Waals surface area contributed by atoms with Crippen molar-refractivity contribution >= 4 is 46.6 Å². The van der Waals surface area contributed by atoms with Crippen LogP contribution in [-0.4, -0.2) is 75.7 Å². The molecule has 2 aliphatic rings. The van der Waals surface area contributed by atoms with Crippen LogP contribution in [0.2, 0.25) is 0 Å². The minimum Gasteiger partial charge on any atom is -0.494 e. The van der Waals surface area contributed by atoms with Crippen molar-refractivity contribution in [3.05, 3.63) is 141 Å². The van der Waals surface area contributed by atoms with Crippen molar-refractivity contribution in [3.63, 3.8) is 0 Å². The third-order valence-corrected chi connectivity index (χ3v) is 11.0. The molecule has 0 radical (unpaired) electrons. The van der Waals surface area contributed by atoms with Crippen LogP contribution in [0.15, 0.2) is 121 Å². The number of hydrogen-bond acceptors (Lipinski definition) is 16. The first-order valence-corrected chi connectivity index (χ1v) is 21.2. The molecule has 0 aliphatic carbocycles. The summed E-state index contributed by atoms with van der Waals surface area (Å²) in [5.74, 6) is 1.50. The van der Waals surface area contributed by atoms with E-state index in [0.29, 0.717) is 85.6 Å². The summed E-state index contributed by atoms with van der Waals surface area (Å²) in [6.45, 7) is 3.25. The first kappa shape index (κ1) is 42.0. The van der Waals surface area contributed by atoms with Crippen molar-refractivity contribution < 1.29 is 66.5 Å². The monoisotopic (exact) mass is 878 g/mol. The highest BCUT2D eigenvalue weighted by Crippen LogP contribution is 2.27. The molecule has 16 heteroatoms. The summed E-state index contributed by atoms with van der Waals surface area (Å²) in [6, 6.07) is 32.8. The molecule has 62 heavy (non-hydrogen) atoms. The third-order valence-electron chi connectivity index (χ3n) is 8.91. The molecule has 0 amide bonds. The zero-order chi connectivity index (χ0) is 42.7. The van der Waals surface area contributed by atoms with Gasteiger partial charge in [0.2, 0.25) is 0 Å². The van der Waals surface area contributed by atoms with Crippen molar-refractivity contribution in [2.45, 2.75) is 25.0 Å². The molecule has 2 atom stereocenters. The minimum absolute atomic E-state index is 0.142. The van der Waals surface area contributed by atoms with Crippen LogP contribution in [-0.2, 0) is 9.47 Å². The van der Waals surface area contributed by atoms with Gasteiger partial charge in [-0.15, -0.1) is 22.7 Å². The van der Waals surface area contributed by atoms with Crippen LogP contribution in [0.3, 0.4) is 0 Å². The predicted octanol–water partition coefficient (Wildman–Crippen LogP) is 8.48. The topological polar surface area (TPSA) is 167 Å². The largest absolute Gasteiger partial charge is 0.494 e. The molecule has 318 valence electrons. The Hall–Kier alpha value is -6.72. The number of carbonyl (C=O) groups is 4. The summed E-state index contributed by atoms with van der Waals surface area (Å²) in [6.07, 6.45) is 1.73. The van der Waals surface area contributed by atoms with Gasteiger partial charge < -0.3 is 47.4 Å². The van der Waals surface area contributed by atoms with E-state index in [1.54, 1.807) is 97.1 Å². The van der Waals surface area contributed by atoms with Gasteiger partial charge in [-0.1, -0.05) is 0 Å². The maximum absolute atomic E-state index is 12.8. The number of ether oxygens (including phenoxy) is 10. The zero-order valence-corrected chi connectivity index (χ0v) is 34.5. The molecule has 2 saturated heterocycles. The normalized spacial score (nSPS) is 14.8. The highest BCUT2D eigenvalue weighted by Gasteiger charge is 2.24. The lowest BCUT2D eigenvalue weighted by molar-refractivity contribution is 0.0728. The zero-order valence-electron chi connectivity index (χ0n) is 32.9. The molecule has 14 nitrogen and oxygen atoms in total. The molecule has 0 saturated carbocycles. The SMILES string of the molecule is O=C(Oc1ccc(OCCCCOc2ccc(OC(=O)c3ccc(C(=O)Oc4ccc(OCC5CO5)cc4)s3)cc2)cc1)c1ccc(C(=O)Oc2ccc(OCC3CO3)cc2)s1. The molecule has 0 bridgehead atoms. The molecular formula is C46H38O14S2. The van der Waals surface area contributed by atoms with Crippen molar-refractivity contribution in [1.82, 2.24) is 0 Å². The molecule has 2 aliphatic heterocycles. The van der Waals surface area contributed by atoms with Crippen LogP contribution in [0.1, 0.15) is 51.5 Å². The van der Waals surface area contributed by atoms with E-state index >= 15 is 0 Å². The van der Waals surface area contributed by atoms with Gasteiger partial charge in [0, 0.05) is 0 Å². The Balaban J connectivity index is 0.690. The Bertz CT molecular complexity index is 2280. The molecule has 0 spiro atoms. The Morgan fingerprint density at radius 1 is 0.387 bits per heavy atom. The number of unbranched alkanes of at least 4 members (excludes halogenated alkanes) is 1. The average molecular weight is 879 g/mol. The smallest absolute Gasteiger partial charge is 0.353 e. The summed E-state index contributed by atoms with van der Waals surface area (Å²) in [5.41, 5.74) is 0. The van der Waals surface area contributed by atoms with Crippen LogP contribution < -0.4 is 37.9 Å². The van der Waals surface area contributed by atoms with E-state index in [-0.39, 0.29) is 31.7 Å². The lowest BCUT2D eigenvalue weighted by Gasteiger charge is -2.09. The Kier molecular flexibility index (Phi) is 13.7. The molecule has 4 aromatic carbocycles. The van der Waals surface area contributed by atoms with Gasteiger partial charge in [0.15, 0.2) is 0 Å². The van der Waals surface area contributed by atoms with Gasteiger partial charge in [-0.25, -0.2) is 19.2 Å². The number of hydrogen-bond donors (Lipinski definition) is 0. The lowest BCUT2D eigenvalue weighted by Crippen LogP contribution is -2.08. The number of esters is 4. The van der Waals surface area contributed by atoms with Gasteiger partial charge in [0.05, 0.1) is 26.4 Å². The quantitative estimate of drug-likeness (QED) is 0.0292. The highest BCUT2D eigenvalue weighted by molar-refractivity contribution is 7.16. The van der Waals surface area contributed by atoms with Crippen molar-refractivity contribution in [2.24, 2.45) is 0 Å². The third kappa shape index (κ3) is 12.4. The highest BCUT2D eigenvalue weighted by atomic mass is 32.1. The van der Waals surface area contributed by atoms with E-state index in [1.807, 2.05) is 0 Å². The van der Waals surface area contributed by atoms with Gasteiger partial charge in [-0.05, 0) is 134 Å². The van der Waals surface area contributed by atoms with E-state index in [4.69, 9.17) is 47.4 Å². The Morgan fingerprint density at radius 2 is 0.629 bits per heavy atom. The van der Waals surface area contributed by atoms with Crippen LogP contribution in [0, 0.1) is 0 Å². The number of epoxide rings is 2. The fraction of sp³-hybridized carbons (Fsp3) is 0.217. The predicted molar refractivity (Wildman–Crippen MR) is 225 cm³/mol. The molecule has 0 N–H and O–H groups in total. The van der Waals surface area contributed by atoms with Crippen molar-refractivity contribution in [3.8, 4) is 46.0 Å². The van der Waals surface area contributed by atoms with Crippen LogP contribution >= 0.6 is 22.7 Å². The molecule has 2 fully saturated rings. The molecule has 4 heterocycles. The summed E-state index contributed by atoms with van der Waals surface area (Å²) in [5, 5.41) is 0. The number of benzene rings is 4. The summed E-state index contributed by atoms with van der Waals surface area (Å²) >= 11 is 1.95. The minimum atomic E-state index is -0.599. The fourth-order valence-electron chi connectivity index (χ4n) is 5.45. The van der Waals surface area contributed by atoms with Crippen LogP contribution in [0.5, 0.6) is 46.0 Å². The maximum atomic E-state index is 12.8. The second kappa shape index (κ2) is 20.2. The molecule has 2 unspecified atom stereocenters. The second-order valence-electron chi connectivity index (χ2n) is 13.7. The molecule has 8 rings (SSSR count). The van der Waals surface area contributed by atoms with E-state index < -0.39 is 23.9 Å². The molecule has 2 aromatic heterocycles. The number of thiophene rings is 2. The molecule has 6 aromatic rings. The lowest BCUT2D eigenvalue weighted by atomic mass is 10.3. The van der Waals surface area contributed by atoms with Gasteiger partial charge in [-0.2, -0.15) is 0 Å². The Morgan fingerprint density at radius 3 is 0.887 bits per heavy atom.